The van der Waals surface area contributed by atoms with Gasteiger partial charge >= 0.3 is 0 Å². The standard InChI is InChI=1S/C18H15FN2O/c1-12-3-9-16(10-4-12)21-18(22)17(13(2)20-21)11-14-5-7-15(19)8-6-14/h3-11,20H,2H2,1H3/b17-11+. The van der Waals surface area contributed by atoms with Gasteiger partial charge in [-0.15, -0.1) is 0 Å². The summed E-state index contributed by atoms with van der Waals surface area (Å²) in [6.45, 7) is 5.86. The van der Waals surface area contributed by atoms with Crippen molar-refractivity contribution in [3.05, 3.63) is 86.4 Å². The molecule has 3 nitrogen and oxygen atoms in total. The first-order chi connectivity index (χ1) is 10.5. The molecule has 0 aliphatic heterocycles. The molecule has 0 spiro atoms. The van der Waals surface area contributed by atoms with Crippen LogP contribution in [0.1, 0.15) is 11.1 Å². The van der Waals surface area contributed by atoms with Gasteiger partial charge in [0, 0.05) is 0 Å². The molecule has 0 aliphatic carbocycles. The Morgan fingerprint density at radius 2 is 1.73 bits per heavy atom. The second-order valence-electron chi connectivity index (χ2n) is 5.18. The fourth-order valence-electron chi connectivity index (χ4n) is 2.25. The van der Waals surface area contributed by atoms with E-state index in [0.717, 1.165) is 16.8 Å². The van der Waals surface area contributed by atoms with Gasteiger partial charge in [0.05, 0.1) is 16.3 Å². The van der Waals surface area contributed by atoms with Crippen molar-refractivity contribution in [1.29, 1.82) is 0 Å². The lowest BCUT2D eigenvalue weighted by molar-refractivity contribution is 0.628. The smallest absolute Gasteiger partial charge is 0.279 e. The molecule has 1 aromatic heterocycles. The van der Waals surface area contributed by atoms with Gasteiger partial charge in [0.25, 0.3) is 5.56 Å². The summed E-state index contributed by atoms with van der Waals surface area (Å²) in [5, 5.41) is 3.96. The quantitative estimate of drug-likeness (QED) is 0.769. The molecule has 4 heteroatoms. The van der Waals surface area contributed by atoms with E-state index in [4.69, 9.17) is 0 Å². The molecule has 0 radical (unpaired) electrons. The zero-order chi connectivity index (χ0) is 15.7. The van der Waals surface area contributed by atoms with Crippen LogP contribution in [0.25, 0.3) is 18.3 Å². The van der Waals surface area contributed by atoms with Gasteiger partial charge < -0.3 is 0 Å². The first-order valence-corrected chi connectivity index (χ1v) is 6.89. The third-order valence-electron chi connectivity index (χ3n) is 3.48. The van der Waals surface area contributed by atoms with Crippen molar-refractivity contribution in [3.8, 4) is 5.69 Å². The number of H-pyrrole nitrogens is 1. The van der Waals surface area contributed by atoms with Gasteiger partial charge in [0.15, 0.2) is 0 Å². The fraction of sp³-hybridized carbons (Fsp3) is 0.0556. The number of halogens is 1. The van der Waals surface area contributed by atoms with Crippen molar-refractivity contribution in [2.75, 3.05) is 0 Å². The molecule has 2 aromatic carbocycles. The average Bonchev–Trinajstić information content (AvgIpc) is 2.78. The molecule has 0 bridgehead atoms. The number of nitrogens with one attached hydrogen (secondary N) is 1. The van der Waals surface area contributed by atoms with Crippen molar-refractivity contribution in [2.24, 2.45) is 0 Å². The van der Waals surface area contributed by atoms with Gasteiger partial charge in [-0.25, -0.2) is 9.07 Å². The summed E-state index contributed by atoms with van der Waals surface area (Å²) in [6.07, 6.45) is 1.70. The SMILES string of the molecule is C=c1[nH]n(-c2ccc(C)cc2)c(=O)/c1=C/c1ccc(F)cc1. The molecule has 0 saturated carbocycles. The van der Waals surface area contributed by atoms with Crippen LogP contribution in [-0.2, 0) is 0 Å². The van der Waals surface area contributed by atoms with E-state index in [-0.39, 0.29) is 11.4 Å². The van der Waals surface area contributed by atoms with Crippen molar-refractivity contribution < 1.29 is 4.39 Å². The second kappa shape index (κ2) is 5.48. The maximum absolute atomic E-state index is 12.9. The van der Waals surface area contributed by atoms with Crippen molar-refractivity contribution >= 4 is 12.7 Å². The van der Waals surface area contributed by atoms with Crippen molar-refractivity contribution in [3.63, 3.8) is 0 Å². The highest BCUT2D eigenvalue weighted by Gasteiger charge is 2.04. The molecule has 110 valence electrons. The Morgan fingerprint density at radius 1 is 1.09 bits per heavy atom. The molecule has 0 fully saturated rings. The van der Waals surface area contributed by atoms with Crippen LogP contribution in [0.15, 0.2) is 53.3 Å². The predicted octanol–water partition coefficient (Wildman–Crippen LogP) is 1.85. The van der Waals surface area contributed by atoms with E-state index in [1.54, 1.807) is 18.2 Å². The zero-order valence-corrected chi connectivity index (χ0v) is 12.1. The maximum Gasteiger partial charge on any atom is 0.279 e. The first-order valence-electron chi connectivity index (χ1n) is 6.89. The van der Waals surface area contributed by atoms with E-state index < -0.39 is 0 Å². The summed E-state index contributed by atoms with van der Waals surface area (Å²) >= 11 is 0. The summed E-state index contributed by atoms with van der Waals surface area (Å²) in [7, 11) is 0. The monoisotopic (exact) mass is 294 g/mol. The molecule has 1 heterocycles. The third-order valence-corrected chi connectivity index (χ3v) is 3.48. The van der Waals surface area contributed by atoms with Gasteiger partial charge in [-0.2, -0.15) is 0 Å². The topological polar surface area (TPSA) is 37.8 Å². The number of aromatic amines is 1. The Hall–Kier alpha value is -2.88. The Balaban J connectivity index is 2.15. The fourth-order valence-corrected chi connectivity index (χ4v) is 2.25. The van der Waals surface area contributed by atoms with Crippen LogP contribution in [0, 0.1) is 12.7 Å². The largest absolute Gasteiger partial charge is 0.291 e. The van der Waals surface area contributed by atoms with E-state index in [1.807, 2.05) is 31.2 Å². The number of aryl methyl sites for hydroxylation is 1. The van der Waals surface area contributed by atoms with E-state index in [1.165, 1.54) is 16.8 Å². The molecule has 3 rings (SSSR count). The molecule has 0 unspecified atom stereocenters. The van der Waals surface area contributed by atoms with Gasteiger partial charge in [-0.3, -0.25) is 9.89 Å². The van der Waals surface area contributed by atoms with Crippen LogP contribution >= 0.6 is 0 Å². The molecule has 3 aromatic rings. The Labute approximate surface area is 126 Å². The molecule has 22 heavy (non-hydrogen) atoms. The molecule has 1 N–H and O–H groups in total. The number of nitrogens with zero attached hydrogens (tertiary/aromatic N) is 1. The molecule has 0 amide bonds. The van der Waals surface area contributed by atoms with Gasteiger partial charge in [-0.05, 0) is 42.8 Å². The lowest BCUT2D eigenvalue weighted by atomic mass is 10.2. The molecular formula is C18H15FN2O. The summed E-state index contributed by atoms with van der Waals surface area (Å²) in [5.41, 5.74) is 2.44. The highest BCUT2D eigenvalue weighted by molar-refractivity contribution is 5.49. The Kier molecular flexibility index (Phi) is 3.51. The number of aromatic nitrogens is 2. The van der Waals surface area contributed by atoms with Crippen molar-refractivity contribution in [2.45, 2.75) is 6.92 Å². The number of rotatable bonds is 2. The summed E-state index contributed by atoms with van der Waals surface area (Å²) in [4.78, 5) is 12.5. The minimum Gasteiger partial charge on any atom is -0.291 e. The minimum atomic E-state index is -0.307. The van der Waals surface area contributed by atoms with Crippen LogP contribution in [0.5, 0.6) is 0 Å². The first kappa shape index (κ1) is 14.1. The maximum atomic E-state index is 12.9. The Bertz CT molecular complexity index is 964. The van der Waals surface area contributed by atoms with E-state index in [0.29, 0.717) is 10.6 Å². The summed E-state index contributed by atoms with van der Waals surface area (Å²) in [5.74, 6) is -0.307. The van der Waals surface area contributed by atoms with E-state index in [2.05, 4.69) is 11.7 Å². The average molecular weight is 294 g/mol. The van der Waals surface area contributed by atoms with Gasteiger partial charge in [-0.1, -0.05) is 36.4 Å². The number of hydrogen-bond donors (Lipinski definition) is 1. The zero-order valence-electron chi connectivity index (χ0n) is 12.1. The third kappa shape index (κ3) is 2.63. The molecule has 0 saturated heterocycles. The van der Waals surface area contributed by atoms with Crippen LogP contribution in [-0.4, -0.2) is 9.78 Å². The normalized spacial score (nSPS) is 11.8. The van der Waals surface area contributed by atoms with Gasteiger partial charge in [0.1, 0.15) is 5.82 Å². The van der Waals surface area contributed by atoms with Crippen LogP contribution in [0.3, 0.4) is 0 Å². The lowest BCUT2D eigenvalue weighted by Crippen LogP contribution is -2.33. The van der Waals surface area contributed by atoms with Crippen LogP contribution < -0.4 is 16.1 Å². The predicted molar refractivity (Wildman–Crippen MR) is 85.9 cm³/mol. The number of benzene rings is 2. The number of hydrogen-bond acceptors (Lipinski definition) is 1. The molecule has 0 atom stereocenters. The van der Waals surface area contributed by atoms with E-state index >= 15 is 0 Å². The highest BCUT2D eigenvalue weighted by atomic mass is 19.1. The summed E-state index contributed by atoms with van der Waals surface area (Å²) in [6, 6.07) is 13.6. The molecule has 0 aliphatic rings. The minimum absolute atomic E-state index is 0.182. The molecular weight excluding hydrogens is 279 g/mol. The van der Waals surface area contributed by atoms with E-state index in [9.17, 15) is 9.18 Å². The van der Waals surface area contributed by atoms with Crippen LogP contribution in [0.4, 0.5) is 4.39 Å². The Morgan fingerprint density at radius 3 is 2.36 bits per heavy atom. The highest BCUT2D eigenvalue weighted by Crippen LogP contribution is 2.05. The van der Waals surface area contributed by atoms with Crippen molar-refractivity contribution in [1.82, 2.24) is 9.78 Å². The van der Waals surface area contributed by atoms with Crippen LogP contribution in [0.2, 0.25) is 0 Å². The summed E-state index contributed by atoms with van der Waals surface area (Å²) < 4.78 is 14.4. The van der Waals surface area contributed by atoms with Gasteiger partial charge in [0.2, 0.25) is 0 Å². The lowest BCUT2D eigenvalue weighted by Gasteiger charge is -2.00. The second-order valence-corrected chi connectivity index (χ2v) is 5.18.